The molecule has 462 valence electrons. The van der Waals surface area contributed by atoms with Gasteiger partial charge in [-0.05, 0) is 0 Å². The van der Waals surface area contributed by atoms with Gasteiger partial charge in [-0.25, -0.2) is 0 Å². The number of nitrogens with zero attached hydrogens (tertiary/aromatic N) is 10. The van der Waals surface area contributed by atoms with E-state index in [0.29, 0.717) is 119 Å². The first-order valence-electron chi connectivity index (χ1n) is 36.1. The van der Waals surface area contributed by atoms with E-state index in [1.165, 1.54) is 19.6 Å². The van der Waals surface area contributed by atoms with Crippen LogP contribution >= 0.6 is 0 Å². The predicted octanol–water partition coefficient (Wildman–Crippen LogP) is 17.9. The average molecular weight is 1560 g/mol. The molecular weight excluding hydrogens is 1470 g/mol. The summed E-state index contributed by atoms with van der Waals surface area (Å²) in [6.45, 7) is 14.9. The molecule has 0 saturated heterocycles. The molecule has 8 bridgehead atoms. The molecule has 15 rings (SSSR count). The number of hydrogen-bond donors (Lipinski definition) is 0. The van der Waals surface area contributed by atoms with Crippen molar-refractivity contribution in [3.05, 3.63) is 216 Å². The van der Waals surface area contributed by atoms with Crippen LogP contribution < -0.4 is 49.0 Å². The van der Waals surface area contributed by atoms with E-state index in [1.807, 2.05) is 117 Å². The van der Waals surface area contributed by atoms with Crippen LogP contribution in [0.4, 0.5) is 102 Å². The fourth-order valence-electron chi connectivity index (χ4n) is 12.2. The van der Waals surface area contributed by atoms with Gasteiger partial charge in [-0.1, -0.05) is 0 Å². The quantitative estimate of drug-likeness (QED) is 0.156. The molecule has 9 aromatic rings. The van der Waals surface area contributed by atoms with Crippen molar-refractivity contribution in [1.29, 1.82) is 0 Å². The Balaban J connectivity index is 1.03. The monoisotopic (exact) mass is 1550 g/mol. The zero-order valence-electron chi connectivity index (χ0n) is 64.3. The predicted molar refractivity (Wildman–Crippen MR) is 374 cm³/mol. The van der Waals surface area contributed by atoms with Crippen LogP contribution in [-0.4, -0.2) is 44.5 Å². The maximum atomic E-state index is 9.32. The standard InChI is InChI=1S/C78H76N10.2Pt/c1-75(2,3)53-37-59(83-49-79(13)67-25-17-21-29-71(67)83)45-63(41-53)87(64-42-54(76(4,5)6)38-60(46-64)84-50-80(14)68-26-18-22-30-72(68)84)57-33-35-58(36-34-57)88(65-43-55(77(7,8)9)39-61(47-65)85-51-81(15)69-27-19-23-31-73(69)85)66-44-56(78(10,11)12)40-62(48-66)86-52-82(16)70-28-20-24-32-74(70)86;;/h17-44H,1-16H3;;/q-4;;/i13D3,14D3,15D3,16D3;;. The molecule has 0 unspecified atom stereocenters. The molecular formula is C78H76N10Pt2-4. The number of anilines is 18. The van der Waals surface area contributed by atoms with Gasteiger partial charge in [-0.3, -0.25) is 0 Å². The van der Waals surface area contributed by atoms with Gasteiger partial charge in [0.15, 0.2) is 0 Å². The first kappa shape index (κ1) is 46.0. The van der Waals surface area contributed by atoms with Gasteiger partial charge in [0.2, 0.25) is 0 Å². The molecule has 90 heavy (non-hydrogen) atoms. The second-order valence-corrected chi connectivity index (χ2v) is 32.7. The third-order valence-corrected chi connectivity index (χ3v) is 23.3. The molecule has 0 fully saturated rings. The summed E-state index contributed by atoms with van der Waals surface area (Å²) in [6.07, 6.45) is 0. The van der Waals surface area contributed by atoms with Crippen LogP contribution in [0, 0.1) is 24.3 Å². The van der Waals surface area contributed by atoms with Gasteiger partial charge in [-0.2, -0.15) is 0 Å². The molecule has 0 atom stereocenters. The van der Waals surface area contributed by atoms with Gasteiger partial charge in [0, 0.05) is 0 Å². The third kappa shape index (κ3) is 9.39. The van der Waals surface area contributed by atoms with Crippen molar-refractivity contribution < 1.29 is 51.7 Å². The summed E-state index contributed by atoms with van der Waals surface area (Å²) in [5, 5.41) is 0. The molecule has 6 aliphatic heterocycles. The van der Waals surface area contributed by atoms with Crippen molar-refractivity contribution >= 4 is 119 Å². The number of hydrogen-bond acceptors (Lipinski definition) is 10. The van der Waals surface area contributed by atoms with E-state index in [9.17, 15) is 16.4 Å². The van der Waals surface area contributed by atoms with Gasteiger partial charge in [-0.15, -0.1) is 0 Å². The van der Waals surface area contributed by atoms with Crippen LogP contribution in [-0.2, 0) is 56.9 Å². The average Bonchev–Trinajstić information content (AvgIpc) is 1.55. The first-order chi connectivity index (χ1) is 47.6. The van der Waals surface area contributed by atoms with E-state index in [4.69, 9.17) is 0 Å². The second kappa shape index (κ2) is 20.7. The molecule has 0 saturated carbocycles. The van der Waals surface area contributed by atoms with Crippen molar-refractivity contribution in [2.75, 3.05) is 76.9 Å². The van der Waals surface area contributed by atoms with Gasteiger partial charge in [0.05, 0.1) is 0 Å². The Bertz CT molecular complexity index is 4510. The van der Waals surface area contributed by atoms with Gasteiger partial charge in [0.1, 0.15) is 0 Å². The summed E-state index contributed by atoms with van der Waals surface area (Å²) < 4.78 is 114. The van der Waals surface area contributed by atoms with E-state index >= 15 is 0 Å². The normalized spacial score (nSPS) is 18.8. The molecule has 0 radical (unpaired) electrons. The van der Waals surface area contributed by atoms with Crippen LogP contribution in [0.1, 0.15) is 122 Å². The zero-order chi connectivity index (χ0) is 72.8. The Labute approximate surface area is 565 Å². The van der Waals surface area contributed by atoms with E-state index in [1.54, 1.807) is 0 Å². The number of para-hydroxylation sites is 8. The van der Waals surface area contributed by atoms with E-state index in [0.717, 1.165) is 22.3 Å². The van der Waals surface area contributed by atoms with Crippen molar-refractivity contribution in [3.63, 3.8) is 0 Å². The molecule has 0 aliphatic carbocycles. The summed E-state index contributed by atoms with van der Waals surface area (Å²) in [4.78, 5) is 17.9. The fourth-order valence-corrected chi connectivity index (χ4v) is 18.4. The summed E-state index contributed by atoms with van der Waals surface area (Å²) in [6, 6.07) is 70.5. The summed E-state index contributed by atoms with van der Waals surface area (Å²) >= 11 is -3.56. The van der Waals surface area contributed by atoms with E-state index in [-0.39, 0.29) is 0 Å². The Hall–Kier alpha value is -8.16. The molecule has 0 aromatic heterocycles. The Morgan fingerprint density at radius 3 is 0.644 bits per heavy atom. The Morgan fingerprint density at radius 1 is 0.267 bits per heavy atom. The SMILES string of the molecule is [2H]C([2H])([2H])N1[C]2=[Pt]=[C]3N(c4[c-]c(cc(C(C)(C)C)c4)N(c4ccc(N5c6[c-]c(cc(C(C)(C)C)c6)N6[C](=[Pt]=[C]7N(c8[c-]c5cc(C(C)(C)C)c8)c5ccccc5N7C([2H])([2H])[2H])N(C([2H])([2H])[2H])c5ccccc56)cc4)c4[c-]c(cc(C(C)(C)C)c4)N2c2ccccc21)c1ccccc1N3C([2H])([2H])[2H]. The minimum absolute atomic E-state index is 0.421. The molecule has 0 spiro atoms. The summed E-state index contributed by atoms with van der Waals surface area (Å²) in [5.41, 5.74) is 12.2. The Morgan fingerprint density at radius 2 is 0.456 bits per heavy atom. The molecule has 6 heterocycles. The van der Waals surface area contributed by atoms with Gasteiger partial charge in [0.25, 0.3) is 0 Å². The zero-order valence-corrected chi connectivity index (χ0v) is 56.8. The molecule has 12 heteroatoms. The van der Waals surface area contributed by atoms with Gasteiger partial charge >= 0.3 is 569 Å². The number of benzene rings is 9. The first-order valence-corrected chi connectivity index (χ1v) is 34.6. The van der Waals surface area contributed by atoms with Crippen molar-refractivity contribution in [1.82, 2.24) is 0 Å². The molecule has 10 nitrogen and oxygen atoms in total. The van der Waals surface area contributed by atoms with Gasteiger partial charge < -0.3 is 0 Å². The number of fused-ring (bicyclic) bond motifs is 24. The minimum atomic E-state index is -2.71. The molecule has 6 aliphatic rings. The second-order valence-electron chi connectivity index (χ2n) is 27.5. The van der Waals surface area contributed by atoms with Crippen LogP contribution in [0.3, 0.4) is 0 Å². The van der Waals surface area contributed by atoms with Crippen molar-refractivity contribution in [2.24, 2.45) is 0 Å². The fraction of sp³-hybridized carbons (Fsp3) is 0.256. The summed E-state index contributed by atoms with van der Waals surface area (Å²) in [5.74, 6) is 0. The summed E-state index contributed by atoms with van der Waals surface area (Å²) in [7, 11) is 0. The third-order valence-electron chi connectivity index (χ3n) is 17.2. The van der Waals surface area contributed by atoms with Crippen LogP contribution in [0.5, 0.6) is 0 Å². The molecule has 0 N–H and O–H groups in total. The maximum absolute atomic E-state index is 9.32. The van der Waals surface area contributed by atoms with Crippen LogP contribution in [0.25, 0.3) is 0 Å². The van der Waals surface area contributed by atoms with Crippen LogP contribution in [0.15, 0.2) is 170 Å². The van der Waals surface area contributed by atoms with Crippen molar-refractivity contribution in [2.45, 2.75) is 105 Å². The number of rotatable bonds is 2. The Kier molecular flexibility index (Phi) is 10.6. The van der Waals surface area contributed by atoms with Crippen molar-refractivity contribution in [3.8, 4) is 0 Å². The molecule has 9 aromatic carbocycles. The van der Waals surface area contributed by atoms with E-state index in [2.05, 4.69) is 190 Å². The van der Waals surface area contributed by atoms with Crippen LogP contribution in [0.2, 0.25) is 0 Å². The molecule has 0 amide bonds. The topological polar surface area (TPSA) is 32.4 Å². The van der Waals surface area contributed by atoms with E-state index < -0.39 is 84.8 Å².